The lowest BCUT2D eigenvalue weighted by Gasteiger charge is -2.20. The van der Waals surface area contributed by atoms with Gasteiger partial charge in [0.1, 0.15) is 0 Å². The van der Waals surface area contributed by atoms with Crippen LogP contribution in [-0.2, 0) is 9.59 Å². The Labute approximate surface area is 130 Å². The molecular formula is C15H23N5O2. The zero-order valence-corrected chi connectivity index (χ0v) is 13.0. The highest BCUT2D eigenvalue weighted by Crippen LogP contribution is 2.22. The average molecular weight is 305 g/mol. The van der Waals surface area contributed by atoms with Crippen LogP contribution in [0.1, 0.15) is 32.2 Å². The molecule has 0 saturated carbocycles. The molecule has 0 bridgehead atoms. The van der Waals surface area contributed by atoms with Crippen molar-refractivity contribution in [3.63, 3.8) is 0 Å². The number of nitrogens with zero attached hydrogens (tertiary/aromatic N) is 4. The van der Waals surface area contributed by atoms with Gasteiger partial charge in [0.05, 0.1) is 12.6 Å². The Bertz CT molecular complexity index is 550. The number of carbonyl (C=O) groups excluding carboxylic acids is 2. The maximum Gasteiger partial charge on any atom is 0.236 e. The van der Waals surface area contributed by atoms with E-state index >= 15 is 0 Å². The van der Waals surface area contributed by atoms with Crippen LogP contribution < -0.4 is 5.32 Å². The molecule has 2 aliphatic rings. The van der Waals surface area contributed by atoms with Crippen LogP contribution in [0.25, 0.3) is 0 Å². The van der Waals surface area contributed by atoms with E-state index in [2.05, 4.69) is 15.3 Å². The Morgan fingerprint density at radius 3 is 2.82 bits per heavy atom. The number of rotatable bonds is 4. The zero-order chi connectivity index (χ0) is 15.5. The van der Waals surface area contributed by atoms with Crippen molar-refractivity contribution in [2.75, 3.05) is 38.0 Å². The number of nitrogens with one attached hydrogen (secondary N) is 1. The van der Waals surface area contributed by atoms with Crippen LogP contribution in [0.5, 0.6) is 0 Å². The predicted molar refractivity (Wildman–Crippen MR) is 82.4 cm³/mol. The Kier molecular flexibility index (Phi) is 4.42. The lowest BCUT2D eigenvalue weighted by atomic mass is 10.3. The highest BCUT2D eigenvalue weighted by Gasteiger charge is 2.28. The third-order valence-corrected chi connectivity index (χ3v) is 4.35. The van der Waals surface area contributed by atoms with Crippen molar-refractivity contribution in [2.45, 2.75) is 32.2 Å². The monoisotopic (exact) mass is 305 g/mol. The summed E-state index contributed by atoms with van der Waals surface area (Å²) in [5, 5.41) is 7.07. The molecule has 1 aromatic rings. The van der Waals surface area contributed by atoms with Crippen molar-refractivity contribution in [1.82, 2.24) is 19.6 Å². The van der Waals surface area contributed by atoms with Gasteiger partial charge in [0.15, 0.2) is 5.82 Å². The standard InChI is InChI=1S/C15H23N5O2/c1-12(21)16-14-5-9-20(17-14)13-4-8-18(10-13)11-15(22)19-6-2-3-7-19/h5,9,13H,2-4,6-8,10-11H2,1H3,(H,16,17,21)/t13-/m1/s1. The molecule has 2 aliphatic heterocycles. The average Bonchev–Trinajstić information content (AvgIpc) is 3.18. The van der Waals surface area contributed by atoms with E-state index in [1.165, 1.54) is 6.92 Å². The van der Waals surface area contributed by atoms with Gasteiger partial charge in [-0.2, -0.15) is 5.10 Å². The first kappa shape index (κ1) is 15.0. The molecule has 0 unspecified atom stereocenters. The Hall–Kier alpha value is -1.89. The van der Waals surface area contributed by atoms with Gasteiger partial charge in [0, 0.05) is 45.4 Å². The minimum atomic E-state index is -0.116. The number of likely N-dealkylation sites (tertiary alicyclic amines) is 2. The summed E-state index contributed by atoms with van der Waals surface area (Å²) in [6.45, 7) is 5.56. The molecule has 2 fully saturated rings. The van der Waals surface area contributed by atoms with E-state index in [1.807, 2.05) is 15.8 Å². The van der Waals surface area contributed by atoms with Gasteiger partial charge in [-0.15, -0.1) is 0 Å². The molecule has 0 aliphatic carbocycles. The van der Waals surface area contributed by atoms with E-state index in [-0.39, 0.29) is 17.9 Å². The summed E-state index contributed by atoms with van der Waals surface area (Å²) in [6, 6.07) is 2.08. The smallest absolute Gasteiger partial charge is 0.236 e. The lowest BCUT2D eigenvalue weighted by molar-refractivity contribution is -0.131. The van der Waals surface area contributed by atoms with Gasteiger partial charge < -0.3 is 10.2 Å². The summed E-state index contributed by atoms with van der Waals surface area (Å²) in [5.41, 5.74) is 0. The van der Waals surface area contributed by atoms with Crippen LogP contribution >= 0.6 is 0 Å². The maximum absolute atomic E-state index is 12.2. The summed E-state index contributed by atoms with van der Waals surface area (Å²) >= 11 is 0. The summed E-state index contributed by atoms with van der Waals surface area (Å²) in [6.07, 6.45) is 5.14. The van der Waals surface area contributed by atoms with E-state index in [9.17, 15) is 9.59 Å². The van der Waals surface area contributed by atoms with E-state index < -0.39 is 0 Å². The third kappa shape index (κ3) is 3.47. The molecule has 0 aromatic carbocycles. The molecule has 7 nitrogen and oxygen atoms in total. The molecule has 1 aromatic heterocycles. The van der Waals surface area contributed by atoms with Crippen molar-refractivity contribution in [3.8, 4) is 0 Å². The molecule has 1 atom stereocenters. The first-order valence-corrected chi connectivity index (χ1v) is 7.95. The number of amides is 2. The normalized spacial score (nSPS) is 22.2. The highest BCUT2D eigenvalue weighted by molar-refractivity contribution is 5.87. The van der Waals surface area contributed by atoms with Crippen LogP contribution in [0.2, 0.25) is 0 Å². The zero-order valence-electron chi connectivity index (χ0n) is 13.0. The molecule has 0 spiro atoms. The summed E-state index contributed by atoms with van der Waals surface area (Å²) in [5.74, 6) is 0.714. The van der Waals surface area contributed by atoms with Gasteiger partial charge in [-0.05, 0) is 19.3 Å². The molecule has 2 saturated heterocycles. The van der Waals surface area contributed by atoms with E-state index in [0.29, 0.717) is 12.4 Å². The fourth-order valence-electron chi connectivity index (χ4n) is 3.22. The lowest BCUT2D eigenvalue weighted by Crippen LogP contribution is -2.38. The van der Waals surface area contributed by atoms with Crippen LogP contribution in [-0.4, -0.2) is 64.1 Å². The van der Waals surface area contributed by atoms with Gasteiger partial charge in [0.2, 0.25) is 11.8 Å². The second-order valence-electron chi connectivity index (χ2n) is 6.13. The van der Waals surface area contributed by atoms with Gasteiger partial charge >= 0.3 is 0 Å². The molecule has 2 amide bonds. The van der Waals surface area contributed by atoms with Gasteiger partial charge in [-0.1, -0.05) is 0 Å². The van der Waals surface area contributed by atoms with Gasteiger partial charge in [-0.25, -0.2) is 0 Å². The van der Waals surface area contributed by atoms with E-state index in [1.54, 1.807) is 6.07 Å². The molecule has 120 valence electrons. The first-order chi connectivity index (χ1) is 10.6. The predicted octanol–water partition coefficient (Wildman–Crippen LogP) is 0.711. The van der Waals surface area contributed by atoms with Crippen LogP contribution in [0.15, 0.2) is 12.3 Å². The fraction of sp³-hybridized carbons (Fsp3) is 0.667. The van der Waals surface area contributed by atoms with Crippen molar-refractivity contribution in [1.29, 1.82) is 0 Å². The number of hydrogen-bond donors (Lipinski definition) is 1. The Morgan fingerprint density at radius 1 is 1.32 bits per heavy atom. The van der Waals surface area contributed by atoms with Crippen molar-refractivity contribution >= 4 is 17.6 Å². The van der Waals surface area contributed by atoms with Crippen LogP contribution in [0.3, 0.4) is 0 Å². The van der Waals surface area contributed by atoms with Crippen LogP contribution in [0.4, 0.5) is 5.82 Å². The number of hydrogen-bond acceptors (Lipinski definition) is 4. The molecule has 3 rings (SSSR count). The summed E-state index contributed by atoms with van der Waals surface area (Å²) < 4.78 is 1.89. The Morgan fingerprint density at radius 2 is 2.09 bits per heavy atom. The quantitative estimate of drug-likeness (QED) is 0.889. The van der Waals surface area contributed by atoms with Crippen molar-refractivity contribution in [2.24, 2.45) is 0 Å². The number of anilines is 1. The summed E-state index contributed by atoms with van der Waals surface area (Å²) in [4.78, 5) is 27.4. The molecule has 3 heterocycles. The minimum absolute atomic E-state index is 0.116. The molecule has 7 heteroatoms. The largest absolute Gasteiger partial charge is 0.342 e. The van der Waals surface area contributed by atoms with Crippen LogP contribution in [0, 0.1) is 0 Å². The second-order valence-corrected chi connectivity index (χ2v) is 6.13. The Balaban J connectivity index is 1.52. The first-order valence-electron chi connectivity index (χ1n) is 7.95. The molecule has 22 heavy (non-hydrogen) atoms. The summed E-state index contributed by atoms with van der Waals surface area (Å²) in [7, 11) is 0. The minimum Gasteiger partial charge on any atom is -0.342 e. The SMILES string of the molecule is CC(=O)Nc1ccn([C@@H]2CCN(CC(=O)N3CCCC3)C2)n1. The number of aromatic nitrogens is 2. The van der Waals surface area contributed by atoms with Crippen molar-refractivity contribution < 1.29 is 9.59 Å². The molecule has 1 N–H and O–H groups in total. The molecular weight excluding hydrogens is 282 g/mol. The maximum atomic E-state index is 12.2. The van der Waals surface area contributed by atoms with Gasteiger partial charge in [0.25, 0.3) is 0 Å². The van der Waals surface area contributed by atoms with Gasteiger partial charge in [-0.3, -0.25) is 19.2 Å². The third-order valence-electron chi connectivity index (χ3n) is 4.35. The highest BCUT2D eigenvalue weighted by atomic mass is 16.2. The second kappa shape index (κ2) is 6.48. The topological polar surface area (TPSA) is 70.5 Å². The van der Waals surface area contributed by atoms with E-state index in [4.69, 9.17) is 0 Å². The fourth-order valence-corrected chi connectivity index (χ4v) is 3.22. The molecule has 0 radical (unpaired) electrons. The van der Waals surface area contributed by atoms with Crippen molar-refractivity contribution in [3.05, 3.63) is 12.3 Å². The number of carbonyl (C=O) groups is 2. The van der Waals surface area contributed by atoms with E-state index in [0.717, 1.165) is 45.4 Å².